The van der Waals surface area contributed by atoms with Crippen LogP contribution in [0.2, 0.25) is 5.02 Å². The number of alkyl halides is 1. The fourth-order valence-corrected chi connectivity index (χ4v) is 5.22. The molecule has 0 fully saturated rings. The Labute approximate surface area is 228 Å². The smallest absolute Gasteiger partial charge is 0.143 e. The van der Waals surface area contributed by atoms with Gasteiger partial charge in [0, 0.05) is 22.0 Å². The largest absolute Gasteiger partial charge is 0.482 e. The minimum atomic E-state index is -1.16. The normalized spacial score (nSPS) is 14.1. The molecule has 6 heteroatoms. The summed E-state index contributed by atoms with van der Waals surface area (Å²) >= 11 is 13.1. The van der Waals surface area contributed by atoms with E-state index in [4.69, 9.17) is 16.3 Å². The zero-order valence-corrected chi connectivity index (χ0v) is 23.6. The lowest BCUT2D eigenvalue weighted by atomic mass is 9.71. The molecule has 1 N–H and O–H groups in total. The molecule has 4 rings (SSSR count). The van der Waals surface area contributed by atoms with E-state index in [-0.39, 0.29) is 5.92 Å². The van der Waals surface area contributed by atoms with Crippen molar-refractivity contribution in [2.75, 3.05) is 26.2 Å². The van der Waals surface area contributed by atoms with E-state index in [1.165, 1.54) is 0 Å². The Morgan fingerprint density at radius 3 is 2.20 bits per heavy atom. The average Bonchev–Trinajstić information content (AvgIpc) is 2.84. The molecule has 0 bridgehead atoms. The molecule has 0 radical (unpaired) electrons. The lowest BCUT2D eigenvalue weighted by molar-refractivity contribution is 0.00450. The SMILES string of the molecule is CN(C)CCC(O)(c1ccc(Br)cc1)C(c1ccc(Cl)cc1)c1ccc2ccc(OCBr)cc2c1. The lowest BCUT2D eigenvalue weighted by Crippen LogP contribution is -2.37. The van der Waals surface area contributed by atoms with Gasteiger partial charge in [0.05, 0.1) is 0 Å². The Kier molecular flexibility index (Phi) is 8.56. The molecule has 4 aromatic rings. The maximum atomic E-state index is 12.6. The molecular weight excluding hydrogens is 590 g/mol. The van der Waals surface area contributed by atoms with Crippen LogP contribution in [0.15, 0.2) is 89.4 Å². The van der Waals surface area contributed by atoms with Crippen molar-refractivity contribution in [3.8, 4) is 5.75 Å². The van der Waals surface area contributed by atoms with Crippen molar-refractivity contribution < 1.29 is 9.84 Å². The Hall–Kier alpha value is -1.89. The van der Waals surface area contributed by atoms with Gasteiger partial charge in [-0.3, -0.25) is 0 Å². The molecule has 0 saturated heterocycles. The lowest BCUT2D eigenvalue weighted by Gasteiger charge is -2.39. The van der Waals surface area contributed by atoms with E-state index >= 15 is 0 Å². The number of ether oxygens (including phenoxy) is 1. The van der Waals surface area contributed by atoms with Gasteiger partial charge in [-0.15, -0.1) is 0 Å². The Bertz CT molecular complexity index is 1280. The highest BCUT2D eigenvalue weighted by atomic mass is 79.9. The highest BCUT2D eigenvalue weighted by molar-refractivity contribution is 9.10. The van der Waals surface area contributed by atoms with E-state index in [1.54, 1.807) is 0 Å². The molecule has 2 atom stereocenters. The predicted molar refractivity (Wildman–Crippen MR) is 153 cm³/mol. The summed E-state index contributed by atoms with van der Waals surface area (Å²) in [7, 11) is 4.06. The summed E-state index contributed by atoms with van der Waals surface area (Å²) < 4.78 is 6.64. The number of benzene rings is 4. The number of rotatable bonds is 9. The van der Waals surface area contributed by atoms with Gasteiger partial charge >= 0.3 is 0 Å². The molecule has 0 amide bonds. The highest BCUT2D eigenvalue weighted by Crippen LogP contribution is 2.45. The summed E-state index contributed by atoms with van der Waals surface area (Å²) in [6.07, 6.45) is 0.555. The summed E-state index contributed by atoms with van der Waals surface area (Å²) in [5.41, 5.74) is 2.18. The van der Waals surface area contributed by atoms with Gasteiger partial charge in [-0.25, -0.2) is 0 Å². The maximum Gasteiger partial charge on any atom is 0.143 e. The zero-order chi connectivity index (χ0) is 25.0. The zero-order valence-electron chi connectivity index (χ0n) is 19.7. The molecule has 182 valence electrons. The van der Waals surface area contributed by atoms with E-state index < -0.39 is 5.60 Å². The Balaban J connectivity index is 1.92. The van der Waals surface area contributed by atoms with Crippen molar-refractivity contribution in [1.29, 1.82) is 0 Å². The Morgan fingerprint density at radius 1 is 0.886 bits per heavy atom. The van der Waals surface area contributed by atoms with Crippen molar-refractivity contribution in [3.05, 3.63) is 111 Å². The molecule has 4 aromatic carbocycles. The molecule has 0 heterocycles. The van der Waals surface area contributed by atoms with Crippen LogP contribution in [0.5, 0.6) is 5.75 Å². The molecule has 0 saturated carbocycles. The summed E-state index contributed by atoms with van der Waals surface area (Å²) in [6.45, 7) is 0.730. The second-order valence-corrected chi connectivity index (χ2v) is 10.8. The monoisotopic (exact) mass is 615 g/mol. The first-order valence-electron chi connectivity index (χ1n) is 11.4. The fourth-order valence-electron chi connectivity index (χ4n) is 4.56. The van der Waals surface area contributed by atoms with Crippen LogP contribution in [-0.4, -0.2) is 36.2 Å². The van der Waals surface area contributed by atoms with E-state index in [1.807, 2.05) is 74.8 Å². The molecule has 35 heavy (non-hydrogen) atoms. The van der Waals surface area contributed by atoms with Crippen LogP contribution in [0.1, 0.15) is 29.0 Å². The highest BCUT2D eigenvalue weighted by Gasteiger charge is 2.40. The van der Waals surface area contributed by atoms with Gasteiger partial charge < -0.3 is 14.7 Å². The summed E-state index contributed by atoms with van der Waals surface area (Å²) in [4.78, 5) is 2.10. The van der Waals surface area contributed by atoms with E-state index in [2.05, 4.69) is 61.0 Å². The van der Waals surface area contributed by atoms with E-state index in [0.29, 0.717) is 17.0 Å². The second-order valence-electron chi connectivity index (χ2n) is 8.99. The molecule has 0 aliphatic rings. The van der Waals surface area contributed by atoms with Crippen LogP contribution in [0.3, 0.4) is 0 Å². The second kappa shape index (κ2) is 11.4. The molecule has 3 nitrogen and oxygen atoms in total. The summed E-state index contributed by atoms with van der Waals surface area (Å²) in [5.74, 6) is 0.483. The molecule has 0 spiro atoms. The molecule has 0 aromatic heterocycles. The van der Waals surface area contributed by atoms with Gasteiger partial charge in [0.15, 0.2) is 0 Å². The van der Waals surface area contributed by atoms with Gasteiger partial charge in [-0.1, -0.05) is 76.1 Å². The average molecular weight is 618 g/mol. The number of hydrogen-bond donors (Lipinski definition) is 1. The van der Waals surface area contributed by atoms with Gasteiger partial charge in [-0.05, 0) is 100 Å². The van der Waals surface area contributed by atoms with Gasteiger partial charge in [0.2, 0.25) is 0 Å². The first-order chi connectivity index (χ1) is 16.8. The van der Waals surface area contributed by atoms with Crippen molar-refractivity contribution in [2.45, 2.75) is 17.9 Å². The molecule has 2 unspecified atom stereocenters. The van der Waals surface area contributed by atoms with Crippen molar-refractivity contribution in [3.63, 3.8) is 0 Å². The van der Waals surface area contributed by atoms with E-state index in [0.717, 1.165) is 44.2 Å². The number of aliphatic hydroxyl groups is 1. The third kappa shape index (κ3) is 6.10. The van der Waals surface area contributed by atoms with Gasteiger partial charge in [0.25, 0.3) is 0 Å². The molecule has 0 aliphatic carbocycles. The first kappa shape index (κ1) is 26.2. The number of halogens is 3. The Morgan fingerprint density at radius 2 is 1.54 bits per heavy atom. The fraction of sp³-hybridized carbons (Fsp3) is 0.241. The quantitative estimate of drug-likeness (QED) is 0.194. The first-order valence-corrected chi connectivity index (χ1v) is 13.7. The van der Waals surface area contributed by atoms with Crippen LogP contribution in [0.4, 0.5) is 0 Å². The third-order valence-corrected chi connectivity index (χ3v) is 7.37. The summed E-state index contributed by atoms with van der Waals surface area (Å²) in [5, 5.41) is 15.4. The standard InChI is InChI=1S/C29H28Br2ClNO2/c1-33(2)16-15-29(34,24-8-10-25(31)11-9-24)28(21-5-12-26(32)13-6-21)22-4-3-20-7-14-27(35-19-30)18-23(20)17-22/h3-14,17-18,28,34H,15-16,19H2,1-2H3. The number of nitrogens with zero attached hydrogens (tertiary/aromatic N) is 1. The number of fused-ring (bicyclic) bond motifs is 1. The number of hydrogen-bond acceptors (Lipinski definition) is 3. The van der Waals surface area contributed by atoms with Crippen molar-refractivity contribution in [1.82, 2.24) is 4.90 Å². The van der Waals surface area contributed by atoms with Gasteiger partial charge in [-0.2, -0.15) is 0 Å². The molecular formula is C29H28Br2ClNO2. The topological polar surface area (TPSA) is 32.7 Å². The van der Waals surface area contributed by atoms with Crippen LogP contribution in [0, 0.1) is 0 Å². The minimum Gasteiger partial charge on any atom is -0.482 e. The van der Waals surface area contributed by atoms with Crippen molar-refractivity contribution >= 4 is 54.2 Å². The van der Waals surface area contributed by atoms with Crippen LogP contribution in [-0.2, 0) is 5.60 Å². The summed E-state index contributed by atoms with van der Waals surface area (Å²) in [6, 6.07) is 28.2. The third-order valence-electron chi connectivity index (χ3n) is 6.36. The van der Waals surface area contributed by atoms with Crippen LogP contribution >= 0.6 is 43.5 Å². The minimum absolute atomic E-state index is 0.314. The molecule has 0 aliphatic heterocycles. The van der Waals surface area contributed by atoms with Crippen LogP contribution in [0.25, 0.3) is 10.8 Å². The van der Waals surface area contributed by atoms with Crippen molar-refractivity contribution in [2.24, 2.45) is 0 Å². The van der Waals surface area contributed by atoms with E-state index in [9.17, 15) is 5.11 Å². The van der Waals surface area contributed by atoms with Crippen LogP contribution < -0.4 is 4.74 Å². The maximum absolute atomic E-state index is 12.6. The van der Waals surface area contributed by atoms with Gasteiger partial charge in [0.1, 0.15) is 16.9 Å². The predicted octanol–water partition coefficient (Wildman–Crippen LogP) is 7.96.